The molecule has 5 heteroatoms. The highest BCUT2D eigenvalue weighted by molar-refractivity contribution is 6.04. The Morgan fingerprint density at radius 1 is 1.41 bits per heavy atom. The molecule has 0 aliphatic heterocycles. The molecule has 0 saturated carbocycles. The molecule has 88 valence electrons. The van der Waals surface area contributed by atoms with Gasteiger partial charge in [-0.3, -0.25) is 4.79 Å². The third-order valence-electron chi connectivity index (χ3n) is 2.46. The summed E-state index contributed by atoms with van der Waals surface area (Å²) in [5.41, 5.74) is 1.66. The number of nitrogens with one attached hydrogen (secondary N) is 1. The largest absolute Gasteiger partial charge is 0.508 e. The van der Waals surface area contributed by atoms with E-state index < -0.39 is 0 Å². The number of anilines is 1. The molecule has 1 heterocycles. The number of carbonyl (C=O) groups is 1. The van der Waals surface area contributed by atoms with Gasteiger partial charge in [-0.1, -0.05) is 11.2 Å². The normalized spacial score (nSPS) is 10.2. The Labute approximate surface area is 98.1 Å². The van der Waals surface area contributed by atoms with Gasteiger partial charge in [0.2, 0.25) is 0 Å². The van der Waals surface area contributed by atoms with Crippen LogP contribution in [0.3, 0.4) is 0 Å². The first kappa shape index (κ1) is 11.2. The summed E-state index contributed by atoms with van der Waals surface area (Å²) >= 11 is 0. The molecule has 0 aliphatic carbocycles. The minimum Gasteiger partial charge on any atom is -0.508 e. The second kappa shape index (κ2) is 4.29. The minimum absolute atomic E-state index is 0.143. The highest BCUT2D eigenvalue weighted by Gasteiger charge is 2.13. The lowest BCUT2D eigenvalue weighted by molar-refractivity contribution is 0.102. The van der Waals surface area contributed by atoms with E-state index in [0.29, 0.717) is 17.0 Å². The molecule has 1 amide bonds. The molecule has 0 atom stereocenters. The number of phenolic OH excluding ortho intramolecular Hbond substituents is 1. The number of nitrogens with zero attached hydrogens (tertiary/aromatic N) is 1. The highest BCUT2D eigenvalue weighted by atomic mass is 16.5. The Morgan fingerprint density at radius 2 is 2.18 bits per heavy atom. The summed E-state index contributed by atoms with van der Waals surface area (Å²) in [6, 6.07) is 4.94. The quantitative estimate of drug-likeness (QED) is 0.832. The van der Waals surface area contributed by atoms with E-state index in [1.165, 1.54) is 12.3 Å². The first-order valence-electron chi connectivity index (χ1n) is 5.10. The van der Waals surface area contributed by atoms with Crippen molar-refractivity contribution in [1.29, 1.82) is 0 Å². The molecule has 5 nitrogen and oxygen atoms in total. The number of benzene rings is 1. The van der Waals surface area contributed by atoms with Gasteiger partial charge in [0.05, 0.1) is 6.20 Å². The minimum atomic E-state index is -0.313. The first-order valence-corrected chi connectivity index (χ1v) is 5.10. The van der Waals surface area contributed by atoms with E-state index in [9.17, 15) is 9.90 Å². The van der Waals surface area contributed by atoms with Crippen molar-refractivity contribution in [3.8, 4) is 5.75 Å². The molecule has 2 aromatic rings. The Kier molecular flexibility index (Phi) is 2.82. The van der Waals surface area contributed by atoms with Crippen LogP contribution >= 0.6 is 0 Å². The zero-order valence-electron chi connectivity index (χ0n) is 9.52. The lowest BCUT2D eigenvalue weighted by Gasteiger charge is -2.05. The van der Waals surface area contributed by atoms with Crippen molar-refractivity contribution < 1.29 is 14.4 Å². The standard InChI is InChI=1S/C12H12N2O3/c1-7-3-4-9(5-11(7)15)14-12(16)10-6-13-17-8(10)2/h3-6,15H,1-2H3,(H,14,16). The van der Waals surface area contributed by atoms with Gasteiger partial charge in [0.25, 0.3) is 5.91 Å². The number of aromatic hydroxyl groups is 1. The van der Waals surface area contributed by atoms with E-state index in [-0.39, 0.29) is 11.7 Å². The average Bonchev–Trinajstić information content (AvgIpc) is 2.70. The molecule has 0 unspecified atom stereocenters. The maximum Gasteiger partial charge on any atom is 0.260 e. The summed E-state index contributed by atoms with van der Waals surface area (Å²) < 4.78 is 4.81. The topological polar surface area (TPSA) is 75.4 Å². The van der Waals surface area contributed by atoms with Crippen LogP contribution in [0.15, 0.2) is 28.9 Å². The van der Waals surface area contributed by atoms with Crippen molar-refractivity contribution in [3.63, 3.8) is 0 Å². The maximum atomic E-state index is 11.8. The molecule has 17 heavy (non-hydrogen) atoms. The highest BCUT2D eigenvalue weighted by Crippen LogP contribution is 2.21. The van der Waals surface area contributed by atoms with E-state index >= 15 is 0 Å². The third kappa shape index (κ3) is 2.28. The number of aromatic nitrogens is 1. The maximum absolute atomic E-state index is 11.8. The fraction of sp³-hybridized carbons (Fsp3) is 0.167. The van der Waals surface area contributed by atoms with Gasteiger partial charge in [0.1, 0.15) is 17.1 Å². The van der Waals surface area contributed by atoms with E-state index in [1.807, 2.05) is 0 Å². The number of carbonyl (C=O) groups excluding carboxylic acids is 1. The van der Waals surface area contributed by atoms with Gasteiger partial charge >= 0.3 is 0 Å². The number of aryl methyl sites for hydroxylation is 2. The predicted molar refractivity (Wildman–Crippen MR) is 62.0 cm³/mol. The van der Waals surface area contributed by atoms with Crippen LogP contribution in [-0.2, 0) is 0 Å². The molecule has 0 spiro atoms. The average molecular weight is 232 g/mol. The number of hydrogen-bond acceptors (Lipinski definition) is 4. The van der Waals surface area contributed by atoms with Crippen molar-refractivity contribution in [2.45, 2.75) is 13.8 Å². The van der Waals surface area contributed by atoms with Gasteiger partial charge in [-0.05, 0) is 25.5 Å². The van der Waals surface area contributed by atoms with Crippen LogP contribution in [-0.4, -0.2) is 16.2 Å². The fourth-order valence-electron chi connectivity index (χ4n) is 1.40. The van der Waals surface area contributed by atoms with E-state index in [2.05, 4.69) is 10.5 Å². The third-order valence-corrected chi connectivity index (χ3v) is 2.46. The molecule has 2 rings (SSSR count). The lowest BCUT2D eigenvalue weighted by atomic mass is 10.2. The first-order chi connectivity index (χ1) is 8.08. The Morgan fingerprint density at radius 3 is 2.76 bits per heavy atom. The summed E-state index contributed by atoms with van der Waals surface area (Å²) in [7, 11) is 0. The molecule has 0 saturated heterocycles. The predicted octanol–water partition coefficient (Wildman–Crippen LogP) is 2.25. The van der Waals surface area contributed by atoms with Crippen LogP contribution in [0.5, 0.6) is 5.75 Å². The summed E-state index contributed by atoms with van der Waals surface area (Å²) in [6.45, 7) is 3.44. The van der Waals surface area contributed by atoms with Gasteiger partial charge in [-0.2, -0.15) is 0 Å². The summed E-state index contributed by atoms with van der Waals surface area (Å²) in [5, 5.41) is 15.7. The number of phenols is 1. The number of amides is 1. The molecule has 0 fully saturated rings. The Hall–Kier alpha value is -2.30. The van der Waals surface area contributed by atoms with Crippen molar-refractivity contribution in [3.05, 3.63) is 41.3 Å². The molecule has 2 N–H and O–H groups in total. The smallest absolute Gasteiger partial charge is 0.260 e. The molecular weight excluding hydrogens is 220 g/mol. The molecule has 1 aromatic heterocycles. The summed E-state index contributed by atoms with van der Waals surface area (Å²) in [4.78, 5) is 11.8. The van der Waals surface area contributed by atoms with Gasteiger partial charge in [0, 0.05) is 11.8 Å². The summed E-state index contributed by atoms with van der Waals surface area (Å²) in [5.74, 6) is 0.288. The van der Waals surface area contributed by atoms with Crippen LogP contribution in [0.25, 0.3) is 0 Å². The SMILES string of the molecule is Cc1ccc(NC(=O)c2cnoc2C)cc1O. The lowest BCUT2D eigenvalue weighted by Crippen LogP contribution is -2.12. The zero-order chi connectivity index (χ0) is 12.4. The van der Waals surface area contributed by atoms with Crippen molar-refractivity contribution in [2.75, 3.05) is 5.32 Å². The monoisotopic (exact) mass is 232 g/mol. The van der Waals surface area contributed by atoms with Gasteiger partial charge in [-0.25, -0.2) is 0 Å². The molecule has 0 radical (unpaired) electrons. The van der Waals surface area contributed by atoms with Gasteiger partial charge in [0.15, 0.2) is 0 Å². The molecule has 1 aromatic carbocycles. The Bertz CT molecular complexity index is 561. The van der Waals surface area contributed by atoms with Crippen LogP contribution in [0.1, 0.15) is 21.7 Å². The van der Waals surface area contributed by atoms with E-state index in [4.69, 9.17) is 4.52 Å². The van der Waals surface area contributed by atoms with Crippen molar-refractivity contribution >= 4 is 11.6 Å². The van der Waals surface area contributed by atoms with Crippen LogP contribution < -0.4 is 5.32 Å². The van der Waals surface area contributed by atoms with Crippen LogP contribution in [0.4, 0.5) is 5.69 Å². The molecular formula is C12H12N2O3. The van der Waals surface area contributed by atoms with E-state index in [1.54, 1.807) is 26.0 Å². The number of hydrogen-bond donors (Lipinski definition) is 2. The van der Waals surface area contributed by atoms with Crippen LogP contribution in [0.2, 0.25) is 0 Å². The Balaban J connectivity index is 2.19. The molecule has 0 aliphatic rings. The van der Waals surface area contributed by atoms with Crippen molar-refractivity contribution in [1.82, 2.24) is 5.16 Å². The summed E-state index contributed by atoms with van der Waals surface area (Å²) in [6.07, 6.45) is 1.36. The van der Waals surface area contributed by atoms with Gasteiger partial charge in [-0.15, -0.1) is 0 Å². The molecule has 0 bridgehead atoms. The number of rotatable bonds is 2. The second-order valence-electron chi connectivity index (χ2n) is 3.75. The van der Waals surface area contributed by atoms with E-state index in [0.717, 1.165) is 5.56 Å². The van der Waals surface area contributed by atoms with Crippen molar-refractivity contribution in [2.24, 2.45) is 0 Å². The second-order valence-corrected chi connectivity index (χ2v) is 3.75. The van der Waals surface area contributed by atoms with Gasteiger partial charge < -0.3 is 14.9 Å². The zero-order valence-corrected chi connectivity index (χ0v) is 9.52. The fourth-order valence-corrected chi connectivity index (χ4v) is 1.40. The van der Waals surface area contributed by atoms with Crippen LogP contribution in [0, 0.1) is 13.8 Å².